The number of amides is 3. The minimum absolute atomic E-state index is 0.0241. The van der Waals surface area contributed by atoms with E-state index in [0.29, 0.717) is 11.3 Å². The van der Waals surface area contributed by atoms with Gasteiger partial charge in [0.25, 0.3) is 5.91 Å². The Kier molecular flexibility index (Phi) is 6.08. The van der Waals surface area contributed by atoms with Crippen molar-refractivity contribution in [3.05, 3.63) is 46.3 Å². The summed E-state index contributed by atoms with van der Waals surface area (Å²) in [5, 5.41) is 5.25. The number of hydrogen-bond donors (Lipinski definition) is 2. The number of carbonyl (C=O) groups excluding carboxylic acids is 3. The fourth-order valence-corrected chi connectivity index (χ4v) is 3.30. The van der Waals surface area contributed by atoms with E-state index in [-0.39, 0.29) is 22.8 Å². The molecule has 2 atom stereocenters. The van der Waals surface area contributed by atoms with Gasteiger partial charge in [-0.3, -0.25) is 14.9 Å². The van der Waals surface area contributed by atoms with Gasteiger partial charge in [-0.05, 0) is 30.9 Å². The van der Waals surface area contributed by atoms with Crippen molar-refractivity contribution >= 4 is 28.9 Å². The van der Waals surface area contributed by atoms with Gasteiger partial charge >= 0.3 is 12.0 Å². The number of ether oxygens (including phenoxy) is 1. The third kappa shape index (κ3) is 4.76. The van der Waals surface area contributed by atoms with Crippen molar-refractivity contribution in [3.8, 4) is 0 Å². The number of carbonyl (C=O) groups is 3. The highest BCUT2D eigenvalue weighted by molar-refractivity contribution is 5.96. The Balaban J connectivity index is 1.52. The molecule has 0 spiro atoms. The van der Waals surface area contributed by atoms with Crippen LogP contribution in [0.2, 0.25) is 0 Å². The Bertz CT molecular complexity index is 951. The lowest BCUT2D eigenvalue weighted by Gasteiger charge is -2.29. The van der Waals surface area contributed by atoms with Gasteiger partial charge in [0, 0.05) is 12.1 Å². The summed E-state index contributed by atoms with van der Waals surface area (Å²) >= 11 is 0. The highest BCUT2D eigenvalue weighted by Gasteiger charge is 2.23. The van der Waals surface area contributed by atoms with E-state index in [9.17, 15) is 19.2 Å². The monoisotopic (exact) mass is 386 g/mol. The van der Waals surface area contributed by atoms with Crippen LogP contribution in [-0.2, 0) is 9.53 Å². The maximum Gasteiger partial charge on any atom is 0.374 e. The van der Waals surface area contributed by atoms with Gasteiger partial charge in [0.05, 0.1) is 5.39 Å². The van der Waals surface area contributed by atoms with Crippen molar-refractivity contribution in [1.82, 2.24) is 10.6 Å². The van der Waals surface area contributed by atoms with Gasteiger partial charge in [-0.2, -0.15) is 0 Å². The first-order valence-electron chi connectivity index (χ1n) is 9.24. The summed E-state index contributed by atoms with van der Waals surface area (Å²) < 4.78 is 10.2. The molecule has 2 aromatic rings. The van der Waals surface area contributed by atoms with Crippen LogP contribution in [0, 0.1) is 5.92 Å². The lowest BCUT2D eigenvalue weighted by Crippen LogP contribution is -2.48. The fraction of sp³-hybridized carbons (Fsp3) is 0.400. The van der Waals surface area contributed by atoms with Crippen LogP contribution in [0.25, 0.3) is 11.0 Å². The van der Waals surface area contributed by atoms with Gasteiger partial charge in [0.15, 0.2) is 12.0 Å². The molecule has 2 N–H and O–H groups in total. The number of hydrogen-bond acceptors (Lipinski definition) is 6. The Hall–Kier alpha value is -3.16. The zero-order chi connectivity index (χ0) is 20.1. The molecule has 1 aliphatic carbocycles. The van der Waals surface area contributed by atoms with Gasteiger partial charge in [-0.25, -0.2) is 9.59 Å². The summed E-state index contributed by atoms with van der Waals surface area (Å²) in [6.45, 7) is 1.40. The quantitative estimate of drug-likeness (QED) is 0.780. The summed E-state index contributed by atoms with van der Waals surface area (Å²) in [6, 6.07) is 6.90. The third-order valence-electron chi connectivity index (χ3n) is 4.85. The second-order valence-corrected chi connectivity index (χ2v) is 6.94. The van der Waals surface area contributed by atoms with Gasteiger partial charge in [-0.1, -0.05) is 31.9 Å². The van der Waals surface area contributed by atoms with Gasteiger partial charge in [0.2, 0.25) is 5.76 Å². The van der Waals surface area contributed by atoms with E-state index in [2.05, 4.69) is 17.6 Å². The highest BCUT2D eigenvalue weighted by Crippen LogP contribution is 2.23. The van der Waals surface area contributed by atoms with Gasteiger partial charge in [-0.15, -0.1) is 0 Å². The maximum absolute atomic E-state index is 12.1. The van der Waals surface area contributed by atoms with E-state index in [1.165, 1.54) is 0 Å². The molecule has 1 fully saturated rings. The van der Waals surface area contributed by atoms with Crippen LogP contribution in [-0.4, -0.2) is 30.6 Å². The predicted molar refractivity (Wildman–Crippen MR) is 101 cm³/mol. The first kappa shape index (κ1) is 19.6. The minimum atomic E-state index is -0.959. The Morgan fingerprint density at radius 1 is 1.18 bits per heavy atom. The molecular formula is C20H22N2O6. The second kappa shape index (κ2) is 8.69. The number of imide groups is 1. The SMILES string of the molecule is C[C@H]1CCCC[C@@H]1NC(=O)NC(=O)COC(=O)c1cc(=O)c2ccccc2o1. The molecular weight excluding hydrogens is 364 g/mol. The van der Waals surface area contributed by atoms with Crippen LogP contribution < -0.4 is 16.1 Å². The number of esters is 1. The normalized spacial score (nSPS) is 19.0. The first-order chi connectivity index (χ1) is 13.4. The van der Waals surface area contributed by atoms with Crippen LogP contribution in [0.15, 0.2) is 39.5 Å². The summed E-state index contributed by atoms with van der Waals surface area (Å²) in [7, 11) is 0. The van der Waals surface area contributed by atoms with Crippen molar-refractivity contribution in [1.29, 1.82) is 0 Å². The van der Waals surface area contributed by atoms with Crippen molar-refractivity contribution in [2.24, 2.45) is 5.92 Å². The zero-order valence-corrected chi connectivity index (χ0v) is 15.5. The molecule has 0 radical (unpaired) electrons. The molecule has 1 aromatic heterocycles. The van der Waals surface area contributed by atoms with Crippen LogP contribution in [0.4, 0.5) is 4.79 Å². The smallest absolute Gasteiger partial charge is 0.374 e. The molecule has 1 heterocycles. The van der Waals surface area contributed by atoms with Crippen LogP contribution in [0.1, 0.15) is 43.2 Å². The van der Waals surface area contributed by atoms with Crippen LogP contribution in [0.3, 0.4) is 0 Å². The van der Waals surface area contributed by atoms with Crippen molar-refractivity contribution < 1.29 is 23.5 Å². The minimum Gasteiger partial charge on any atom is -0.450 e. The molecule has 3 rings (SSSR count). The number of fused-ring (bicyclic) bond motifs is 1. The topological polar surface area (TPSA) is 115 Å². The average molecular weight is 386 g/mol. The van der Waals surface area contributed by atoms with E-state index in [1.54, 1.807) is 24.3 Å². The molecule has 0 saturated heterocycles. The lowest BCUT2D eigenvalue weighted by molar-refractivity contribution is -0.123. The zero-order valence-electron chi connectivity index (χ0n) is 15.5. The molecule has 1 aromatic carbocycles. The van der Waals surface area contributed by atoms with E-state index in [4.69, 9.17) is 9.15 Å². The van der Waals surface area contributed by atoms with Crippen LogP contribution >= 0.6 is 0 Å². The predicted octanol–water partition coefficient (Wildman–Crippen LogP) is 2.35. The summed E-state index contributed by atoms with van der Waals surface area (Å²) in [6.07, 6.45) is 4.09. The summed E-state index contributed by atoms with van der Waals surface area (Å²) in [4.78, 5) is 47.8. The van der Waals surface area contributed by atoms with Crippen molar-refractivity contribution in [2.75, 3.05) is 6.61 Å². The summed E-state index contributed by atoms with van der Waals surface area (Å²) in [5.74, 6) is -1.68. The number of benzene rings is 1. The van der Waals surface area contributed by atoms with Gasteiger partial charge in [0.1, 0.15) is 5.58 Å². The highest BCUT2D eigenvalue weighted by atomic mass is 16.5. The van der Waals surface area contributed by atoms with E-state index in [0.717, 1.165) is 31.7 Å². The Labute approximate surface area is 161 Å². The number of para-hydroxylation sites is 1. The fourth-order valence-electron chi connectivity index (χ4n) is 3.30. The maximum atomic E-state index is 12.1. The van der Waals surface area contributed by atoms with Crippen LogP contribution in [0.5, 0.6) is 0 Å². The van der Waals surface area contributed by atoms with E-state index < -0.39 is 24.5 Å². The molecule has 8 heteroatoms. The molecule has 0 bridgehead atoms. The summed E-state index contributed by atoms with van der Waals surface area (Å²) in [5.41, 5.74) is -0.147. The van der Waals surface area contributed by atoms with Crippen molar-refractivity contribution in [2.45, 2.75) is 38.6 Å². The number of urea groups is 1. The second-order valence-electron chi connectivity index (χ2n) is 6.94. The third-order valence-corrected chi connectivity index (χ3v) is 4.85. The molecule has 148 valence electrons. The average Bonchev–Trinajstić information content (AvgIpc) is 2.68. The molecule has 3 amide bonds. The number of nitrogens with one attached hydrogen (secondary N) is 2. The first-order valence-corrected chi connectivity index (χ1v) is 9.24. The Morgan fingerprint density at radius 3 is 2.71 bits per heavy atom. The molecule has 1 saturated carbocycles. The van der Waals surface area contributed by atoms with E-state index in [1.807, 2.05) is 0 Å². The molecule has 8 nitrogen and oxygen atoms in total. The molecule has 28 heavy (non-hydrogen) atoms. The Morgan fingerprint density at radius 2 is 1.93 bits per heavy atom. The number of rotatable bonds is 4. The molecule has 1 aliphatic rings. The molecule has 0 unspecified atom stereocenters. The van der Waals surface area contributed by atoms with Crippen molar-refractivity contribution in [3.63, 3.8) is 0 Å². The van der Waals surface area contributed by atoms with Gasteiger partial charge < -0.3 is 14.5 Å². The molecule has 0 aliphatic heterocycles. The van der Waals surface area contributed by atoms with E-state index >= 15 is 0 Å². The lowest BCUT2D eigenvalue weighted by atomic mass is 9.86. The standard InChI is InChI=1S/C20H22N2O6/c1-12-6-2-4-8-14(12)21-20(26)22-18(24)11-27-19(25)17-10-15(23)13-7-3-5-9-16(13)28-17/h3,5,7,9-10,12,14H,2,4,6,8,11H2,1H3,(H2,21,22,24,26)/t12-,14-/m0/s1. The largest absolute Gasteiger partial charge is 0.450 e.